The molecule has 72 valence electrons. The molecular weight excluding hydrogens is 176 g/mol. The van der Waals surface area contributed by atoms with Crippen LogP contribution in [-0.2, 0) is 4.74 Å². The van der Waals surface area contributed by atoms with Crippen LogP contribution in [0.25, 0.3) is 0 Å². The second kappa shape index (κ2) is 3.97. The summed E-state index contributed by atoms with van der Waals surface area (Å²) in [7, 11) is 1.37. The first-order chi connectivity index (χ1) is 6.61. The molecule has 1 rings (SSSR count). The summed E-state index contributed by atoms with van der Waals surface area (Å²) in [6.07, 6.45) is 5.31. The van der Waals surface area contributed by atoms with E-state index in [2.05, 4.69) is 10.7 Å². The van der Waals surface area contributed by atoms with Gasteiger partial charge >= 0.3 is 5.97 Å². The Morgan fingerprint density at radius 3 is 2.50 bits per heavy atom. The maximum absolute atomic E-state index is 11.3. The van der Waals surface area contributed by atoms with Gasteiger partial charge in [-0.2, -0.15) is 0 Å². The number of hydrogen-bond acceptors (Lipinski definition) is 2. The van der Waals surface area contributed by atoms with Gasteiger partial charge in [0.05, 0.1) is 12.7 Å². The molecule has 2 heteroatoms. The van der Waals surface area contributed by atoms with E-state index in [0.717, 1.165) is 16.7 Å². The van der Waals surface area contributed by atoms with E-state index in [9.17, 15) is 4.79 Å². The van der Waals surface area contributed by atoms with Crippen LogP contribution in [0.2, 0.25) is 0 Å². The fraction of sp³-hybridized carbons (Fsp3) is 0.250. The van der Waals surface area contributed by atoms with E-state index in [1.165, 1.54) is 7.11 Å². The molecule has 0 N–H and O–H groups in total. The number of ether oxygens (including phenoxy) is 1. The molecule has 0 unspecified atom stereocenters. The van der Waals surface area contributed by atoms with E-state index < -0.39 is 0 Å². The molecule has 0 saturated heterocycles. The molecule has 0 radical (unpaired) electrons. The maximum Gasteiger partial charge on any atom is 0.338 e. The van der Waals surface area contributed by atoms with Crippen LogP contribution in [0.1, 0.15) is 27.0 Å². The summed E-state index contributed by atoms with van der Waals surface area (Å²) in [4.78, 5) is 11.3. The number of methoxy groups -OCH3 is 1. The van der Waals surface area contributed by atoms with Crippen molar-refractivity contribution in [2.45, 2.75) is 13.8 Å². The van der Waals surface area contributed by atoms with E-state index in [-0.39, 0.29) is 5.97 Å². The minimum absolute atomic E-state index is 0.325. The highest BCUT2D eigenvalue weighted by molar-refractivity contribution is 5.91. The van der Waals surface area contributed by atoms with Gasteiger partial charge < -0.3 is 4.74 Å². The molecule has 0 aliphatic carbocycles. The summed E-state index contributed by atoms with van der Waals surface area (Å²) < 4.78 is 4.66. The summed E-state index contributed by atoms with van der Waals surface area (Å²) in [5.74, 6) is 2.24. The molecule has 14 heavy (non-hydrogen) atoms. The molecule has 0 amide bonds. The smallest absolute Gasteiger partial charge is 0.338 e. The van der Waals surface area contributed by atoms with Gasteiger partial charge in [0, 0.05) is 5.56 Å². The predicted molar refractivity (Wildman–Crippen MR) is 55.2 cm³/mol. The van der Waals surface area contributed by atoms with Crippen LogP contribution in [0, 0.1) is 26.2 Å². The Morgan fingerprint density at radius 1 is 1.36 bits per heavy atom. The highest BCUT2D eigenvalue weighted by Gasteiger charge is 2.11. The van der Waals surface area contributed by atoms with Crippen molar-refractivity contribution in [3.63, 3.8) is 0 Å². The van der Waals surface area contributed by atoms with Crippen LogP contribution in [0.5, 0.6) is 0 Å². The molecule has 0 spiro atoms. The Hall–Kier alpha value is -1.75. The van der Waals surface area contributed by atoms with E-state index in [0.29, 0.717) is 5.56 Å². The fourth-order valence-electron chi connectivity index (χ4n) is 1.31. The van der Waals surface area contributed by atoms with Gasteiger partial charge in [0.15, 0.2) is 0 Å². The molecule has 1 aromatic rings. The largest absolute Gasteiger partial charge is 0.465 e. The quantitative estimate of drug-likeness (QED) is 0.498. The van der Waals surface area contributed by atoms with Crippen LogP contribution in [0.15, 0.2) is 12.1 Å². The van der Waals surface area contributed by atoms with E-state index in [1.54, 1.807) is 12.1 Å². The third-order valence-electron chi connectivity index (χ3n) is 2.35. The standard InChI is InChI=1S/C12H12O2/c1-5-10-6-7-11(12(13)14-4)9(3)8(10)2/h1,6-7H,2-4H3. The maximum atomic E-state index is 11.3. The molecule has 0 heterocycles. The average molecular weight is 188 g/mol. The molecule has 1 aromatic carbocycles. The van der Waals surface area contributed by atoms with Gasteiger partial charge in [0.2, 0.25) is 0 Å². The number of hydrogen-bond donors (Lipinski definition) is 0. The lowest BCUT2D eigenvalue weighted by Crippen LogP contribution is -2.05. The third kappa shape index (κ3) is 1.62. The Morgan fingerprint density at radius 2 is 2.00 bits per heavy atom. The van der Waals surface area contributed by atoms with E-state index in [4.69, 9.17) is 6.42 Å². The summed E-state index contributed by atoms with van der Waals surface area (Å²) in [6.45, 7) is 3.76. The number of carbonyl (C=O) groups excluding carboxylic acids is 1. The molecule has 0 aliphatic heterocycles. The number of terminal acetylenes is 1. The van der Waals surface area contributed by atoms with Crippen molar-refractivity contribution in [2.24, 2.45) is 0 Å². The monoisotopic (exact) mass is 188 g/mol. The van der Waals surface area contributed by atoms with Gasteiger partial charge in [-0.15, -0.1) is 6.42 Å². The Kier molecular flexibility index (Phi) is 2.93. The summed E-state index contributed by atoms with van der Waals surface area (Å²) in [5, 5.41) is 0. The van der Waals surface area contributed by atoms with Gasteiger partial charge in [-0.05, 0) is 37.1 Å². The zero-order chi connectivity index (χ0) is 10.7. The number of benzene rings is 1. The molecule has 0 aliphatic rings. The SMILES string of the molecule is C#Cc1ccc(C(=O)OC)c(C)c1C. The molecular formula is C12H12O2. The van der Waals surface area contributed by atoms with Crippen molar-refractivity contribution in [1.82, 2.24) is 0 Å². The van der Waals surface area contributed by atoms with Crippen molar-refractivity contribution >= 4 is 5.97 Å². The van der Waals surface area contributed by atoms with Crippen molar-refractivity contribution in [3.05, 3.63) is 34.4 Å². The van der Waals surface area contributed by atoms with Gasteiger partial charge in [0.25, 0.3) is 0 Å². The van der Waals surface area contributed by atoms with Crippen LogP contribution in [0.4, 0.5) is 0 Å². The molecule has 0 saturated carbocycles. The molecule has 2 nitrogen and oxygen atoms in total. The zero-order valence-electron chi connectivity index (χ0n) is 8.55. The molecule has 0 fully saturated rings. The lowest BCUT2D eigenvalue weighted by molar-refractivity contribution is 0.0600. The normalized spacial score (nSPS) is 9.29. The summed E-state index contributed by atoms with van der Waals surface area (Å²) >= 11 is 0. The second-order valence-electron chi connectivity index (χ2n) is 3.05. The highest BCUT2D eigenvalue weighted by atomic mass is 16.5. The number of rotatable bonds is 1. The van der Waals surface area contributed by atoms with Gasteiger partial charge in [0.1, 0.15) is 0 Å². The van der Waals surface area contributed by atoms with Gasteiger partial charge in [-0.25, -0.2) is 4.79 Å². The van der Waals surface area contributed by atoms with Crippen LogP contribution in [-0.4, -0.2) is 13.1 Å². The molecule has 0 bridgehead atoms. The van der Waals surface area contributed by atoms with Crippen LogP contribution in [0.3, 0.4) is 0 Å². The number of carbonyl (C=O) groups is 1. The minimum atomic E-state index is -0.325. The lowest BCUT2D eigenvalue weighted by atomic mass is 9.98. The van der Waals surface area contributed by atoms with Crippen LogP contribution < -0.4 is 0 Å². The lowest BCUT2D eigenvalue weighted by Gasteiger charge is -2.08. The van der Waals surface area contributed by atoms with E-state index >= 15 is 0 Å². The van der Waals surface area contributed by atoms with Crippen molar-refractivity contribution < 1.29 is 9.53 Å². The number of esters is 1. The van der Waals surface area contributed by atoms with E-state index in [1.807, 2.05) is 13.8 Å². The van der Waals surface area contributed by atoms with Gasteiger partial charge in [-0.3, -0.25) is 0 Å². The predicted octanol–water partition coefficient (Wildman–Crippen LogP) is 2.07. The first-order valence-corrected chi connectivity index (χ1v) is 4.27. The van der Waals surface area contributed by atoms with Gasteiger partial charge in [-0.1, -0.05) is 5.92 Å². The first kappa shape index (κ1) is 10.3. The third-order valence-corrected chi connectivity index (χ3v) is 2.35. The Labute approximate surface area is 83.9 Å². The average Bonchev–Trinajstić information content (AvgIpc) is 2.21. The summed E-state index contributed by atoms with van der Waals surface area (Å²) in [5.41, 5.74) is 3.22. The molecule has 0 aromatic heterocycles. The zero-order valence-corrected chi connectivity index (χ0v) is 8.55. The minimum Gasteiger partial charge on any atom is -0.465 e. The van der Waals surface area contributed by atoms with Crippen molar-refractivity contribution in [1.29, 1.82) is 0 Å². The Bertz CT molecular complexity index is 411. The van der Waals surface area contributed by atoms with Crippen molar-refractivity contribution in [3.8, 4) is 12.3 Å². The topological polar surface area (TPSA) is 26.3 Å². The first-order valence-electron chi connectivity index (χ1n) is 4.27. The second-order valence-corrected chi connectivity index (χ2v) is 3.05. The van der Waals surface area contributed by atoms with Crippen molar-refractivity contribution in [2.75, 3.05) is 7.11 Å². The highest BCUT2D eigenvalue weighted by Crippen LogP contribution is 2.17. The Balaban J connectivity index is 3.33. The fourth-order valence-corrected chi connectivity index (χ4v) is 1.31. The summed E-state index contributed by atoms with van der Waals surface area (Å²) in [6, 6.07) is 3.46. The molecule has 0 atom stereocenters. The van der Waals surface area contributed by atoms with Crippen LogP contribution >= 0.6 is 0 Å².